The van der Waals surface area contributed by atoms with E-state index in [0.717, 1.165) is 11.1 Å². The number of hydrogen-bond donors (Lipinski definition) is 1. The van der Waals surface area contributed by atoms with Crippen LogP contribution in [0.4, 0.5) is 0 Å². The van der Waals surface area contributed by atoms with Gasteiger partial charge in [0.2, 0.25) is 0 Å². The van der Waals surface area contributed by atoms with Crippen LogP contribution in [0.15, 0.2) is 66.7 Å². The van der Waals surface area contributed by atoms with E-state index in [-0.39, 0.29) is 24.3 Å². The average Bonchev–Trinajstić information content (AvgIpc) is 2.75. The number of phenolic OH excluding ortho intramolecular Hbond substituents is 1. The summed E-state index contributed by atoms with van der Waals surface area (Å²) in [7, 11) is 0. The van der Waals surface area contributed by atoms with Crippen molar-refractivity contribution < 1.29 is 24.2 Å². The van der Waals surface area contributed by atoms with Crippen molar-refractivity contribution in [2.45, 2.75) is 20.3 Å². The smallest absolute Gasteiger partial charge is 0.342 e. The van der Waals surface area contributed by atoms with E-state index in [9.17, 15) is 14.7 Å². The fourth-order valence-corrected chi connectivity index (χ4v) is 3.36. The quantitative estimate of drug-likeness (QED) is 0.561. The number of benzene rings is 3. The molecule has 0 unspecified atom stereocenters. The van der Waals surface area contributed by atoms with Crippen molar-refractivity contribution in [2.24, 2.45) is 0 Å². The van der Waals surface area contributed by atoms with E-state index in [0.29, 0.717) is 17.5 Å². The molecule has 0 heterocycles. The number of carbonyl (C=O) groups excluding carboxylic acids is 2. The lowest BCUT2D eigenvalue weighted by molar-refractivity contribution is 0.0518. The Bertz CT molecular complexity index is 1030. The van der Waals surface area contributed by atoms with Crippen molar-refractivity contribution in [3.63, 3.8) is 0 Å². The van der Waals surface area contributed by atoms with Crippen LogP contribution in [0.2, 0.25) is 0 Å². The highest BCUT2D eigenvalue weighted by Crippen LogP contribution is 2.37. The molecule has 0 radical (unpaired) electrons. The highest BCUT2D eigenvalue weighted by molar-refractivity contribution is 6.06. The number of carbonyl (C=O) groups is 2. The Morgan fingerprint density at radius 3 is 1.90 bits per heavy atom. The SMILES string of the molecule is CCOC(=O)c1c(Cc2ccccc2)cc(-c2ccccc2)c(C(=O)OCC)c1O. The molecule has 0 amide bonds. The van der Waals surface area contributed by atoms with Crippen LogP contribution in [0.3, 0.4) is 0 Å². The summed E-state index contributed by atoms with van der Waals surface area (Å²) in [5.41, 5.74) is 2.73. The Labute approximate surface area is 175 Å². The molecule has 0 bridgehead atoms. The second kappa shape index (κ2) is 9.74. The lowest BCUT2D eigenvalue weighted by Crippen LogP contribution is -2.14. The third-order valence-electron chi connectivity index (χ3n) is 4.66. The van der Waals surface area contributed by atoms with Gasteiger partial charge in [0.05, 0.1) is 13.2 Å². The van der Waals surface area contributed by atoms with E-state index in [1.807, 2.05) is 60.7 Å². The number of rotatable bonds is 7. The summed E-state index contributed by atoms with van der Waals surface area (Å²) in [6, 6.07) is 20.6. The van der Waals surface area contributed by atoms with E-state index < -0.39 is 17.7 Å². The van der Waals surface area contributed by atoms with Crippen LogP contribution < -0.4 is 0 Å². The molecule has 3 aromatic carbocycles. The van der Waals surface area contributed by atoms with Crippen LogP contribution in [0.1, 0.15) is 45.7 Å². The van der Waals surface area contributed by atoms with Gasteiger partial charge >= 0.3 is 11.9 Å². The van der Waals surface area contributed by atoms with Crippen molar-refractivity contribution in [3.05, 3.63) is 89.0 Å². The van der Waals surface area contributed by atoms with Gasteiger partial charge < -0.3 is 14.6 Å². The van der Waals surface area contributed by atoms with E-state index in [2.05, 4.69) is 0 Å². The lowest BCUT2D eigenvalue weighted by atomic mass is 9.89. The molecule has 5 heteroatoms. The highest BCUT2D eigenvalue weighted by Gasteiger charge is 2.28. The molecule has 3 rings (SSSR count). The van der Waals surface area contributed by atoms with Crippen LogP contribution in [0.25, 0.3) is 11.1 Å². The van der Waals surface area contributed by atoms with Crippen molar-refractivity contribution >= 4 is 11.9 Å². The monoisotopic (exact) mass is 404 g/mol. The molecule has 1 N–H and O–H groups in total. The van der Waals surface area contributed by atoms with Gasteiger partial charge in [-0.05, 0) is 43.0 Å². The summed E-state index contributed by atoms with van der Waals surface area (Å²) in [4.78, 5) is 25.5. The second-order valence-electron chi connectivity index (χ2n) is 6.65. The molecule has 30 heavy (non-hydrogen) atoms. The topological polar surface area (TPSA) is 72.8 Å². The molecule has 0 saturated heterocycles. The Hall–Kier alpha value is -3.60. The molecule has 154 valence electrons. The zero-order chi connectivity index (χ0) is 21.5. The number of phenols is 1. The first-order valence-electron chi connectivity index (χ1n) is 9.89. The molecule has 0 spiro atoms. The molecule has 0 aliphatic rings. The van der Waals surface area contributed by atoms with Gasteiger partial charge in [-0.3, -0.25) is 0 Å². The van der Waals surface area contributed by atoms with Gasteiger partial charge in [0, 0.05) is 5.56 Å². The minimum absolute atomic E-state index is 0.0107. The van der Waals surface area contributed by atoms with Crippen molar-refractivity contribution in [1.82, 2.24) is 0 Å². The Morgan fingerprint density at radius 2 is 1.33 bits per heavy atom. The second-order valence-corrected chi connectivity index (χ2v) is 6.65. The highest BCUT2D eigenvalue weighted by atomic mass is 16.5. The fraction of sp³-hybridized carbons (Fsp3) is 0.200. The van der Waals surface area contributed by atoms with E-state index in [1.54, 1.807) is 19.9 Å². The van der Waals surface area contributed by atoms with Gasteiger partial charge in [0.1, 0.15) is 16.9 Å². The summed E-state index contributed by atoms with van der Waals surface area (Å²) in [6.45, 7) is 3.68. The van der Waals surface area contributed by atoms with Crippen LogP contribution >= 0.6 is 0 Å². The van der Waals surface area contributed by atoms with Gasteiger partial charge in [-0.1, -0.05) is 60.7 Å². The summed E-state index contributed by atoms with van der Waals surface area (Å²) in [6.07, 6.45) is 0.394. The number of hydrogen-bond acceptors (Lipinski definition) is 5. The molecule has 0 aromatic heterocycles. The molecule has 0 saturated carbocycles. The number of esters is 2. The summed E-state index contributed by atoms with van der Waals surface area (Å²) in [5, 5.41) is 11.1. The number of ether oxygens (including phenoxy) is 2. The first-order chi connectivity index (χ1) is 14.6. The summed E-state index contributed by atoms with van der Waals surface area (Å²) < 4.78 is 10.3. The third-order valence-corrected chi connectivity index (χ3v) is 4.66. The van der Waals surface area contributed by atoms with Crippen molar-refractivity contribution in [3.8, 4) is 16.9 Å². The Kier molecular flexibility index (Phi) is 6.86. The molecule has 0 fully saturated rings. The summed E-state index contributed by atoms with van der Waals surface area (Å²) in [5.74, 6) is -1.78. The molecule has 3 aromatic rings. The van der Waals surface area contributed by atoms with Gasteiger partial charge in [-0.25, -0.2) is 9.59 Å². The Morgan fingerprint density at radius 1 is 0.800 bits per heavy atom. The maximum absolute atomic E-state index is 12.7. The molecule has 0 aliphatic carbocycles. The third kappa shape index (κ3) is 4.51. The van der Waals surface area contributed by atoms with E-state index >= 15 is 0 Å². The average molecular weight is 404 g/mol. The van der Waals surface area contributed by atoms with Gasteiger partial charge in [0.15, 0.2) is 0 Å². The van der Waals surface area contributed by atoms with Crippen molar-refractivity contribution in [1.29, 1.82) is 0 Å². The first-order valence-corrected chi connectivity index (χ1v) is 9.89. The van der Waals surface area contributed by atoms with Gasteiger partial charge in [-0.15, -0.1) is 0 Å². The predicted octanol–water partition coefficient (Wildman–Crippen LogP) is 5.00. The maximum atomic E-state index is 12.7. The molecule has 5 nitrogen and oxygen atoms in total. The molecule has 0 aliphatic heterocycles. The minimum atomic E-state index is -0.689. The van der Waals surface area contributed by atoms with Crippen LogP contribution in [0, 0.1) is 0 Å². The number of aromatic hydroxyl groups is 1. The minimum Gasteiger partial charge on any atom is -0.506 e. The molecular formula is C25H24O5. The fourth-order valence-electron chi connectivity index (χ4n) is 3.36. The Balaban J connectivity index is 2.27. The molecule has 0 atom stereocenters. The van der Waals surface area contributed by atoms with Crippen LogP contribution in [-0.4, -0.2) is 30.3 Å². The van der Waals surface area contributed by atoms with E-state index in [1.165, 1.54) is 0 Å². The standard InChI is InChI=1S/C25H24O5/c1-3-29-24(27)21-19(15-17-11-7-5-8-12-17)16-20(18-13-9-6-10-14-18)22(23(21)26)25(28)30-4-2/h5-14,16,26H,3-4,15H2,1-2H3. The lowest BCUT2D eigenvalue weighted by Gasteiger charge is -2.18. The zero-order valence-electron chi connectivity index (χ0n) is 17.1. The van der Waals surface area contributed by atoms with Crippen LogP contribution in [-0.2, 0) is 15.9 Å². The van der Waals surface area contributed by atoms with Gasteiger partial charge in [-0.2, -0.15) is 0 Å². The normalized spacial score (nSPS) is 10.5. The largest absolute Gasteiger partial charge is 0.506 e. The van der Waals surface area contributed by atoms with Crippen LogP contribution in [0.5, 0.6) is 5.75 Å². The van der Waals surface area contributed by atoms with Crippen molar-refractivity contribution in [2.75, 3.05) is 13.2 Å². The molecular weight excluding hydrogens is 380 g/mol. The summed E-state index contributed by atoms with van der Waals surface area (Å²) >= 11 is 0. The van der Waals surface area contributed by atoms with Gasteiger partial charge in [0.25, 0.3) is 0 Å². The zero-order valence-corrected chi connectivity index (χ0v) is 17.1. The van der Waals surface area contributed by atoms with E-state index in [4.69, 9.17) is 9.47 Å². The predicted molar refractivity (Wildman–Crippen MR) is 115 cm³/mol. The maximum Gasteiger partial charge on any atom is 0.342 e. The first kappa shape index (κ1) is 21.1.